The number of rotatable bonds is 5. The Kier molecular flexibility index (Phi) is 4.84. The van der Waals surface area contributed by atoms with Crippen molar-refractivity contribution in [2.24, 2.45) is 0 Å². The largest absolute Gasteiger partial charge is 0.350 e. The minimum absolute atomic E-state index is 0.140. The maximum atomic E-state index is 12.5. The maximum absolute atomic E-state index is 12.5. The molecule has 0 aliphatic carbocycles. The first-order valence-electron chi connectivity index (χ1n) is 9.05. The molecule has 7 heteroatoms. The van der Waals surface area contributed by atoms with Crippen LogP contribution in [0.15, 0.2) is 48.8 Å². The summed E-state index contributed by atoms with van der Waals surface area (Å²) in [6, 6.07) is 12.6. The highest BCUT2D eigenvalue weighted by Crippen LogP contribution is 2.15. The van der Waals surface area contributed by atoms with E-state index in [4.69, 9.17) is 0 Å². The number of imidazole rings is 1. The molecule has 2 heterocycles. The summed E-state index contributed by atoms with van der Waals surface area (Å²) in [6.45, 7) is 1.62. The summed E-state index contributed by atoms with van der Waals surface area (Å²) >= 11 is 0. The lowest BCUT2D eigenvalue weighted by molar-refractivity contribution is 0.0949. The second kappa shape index (κ2) is 7.59. The molecule has 1 saturated heterocycles. The lowest BCUT2D eigenvalue weighted by atomic mass is 10.1. The molecule has 1 aromatic heterocycles. The summed E-state index contributed by atoms with van der Waals surface area (Å²) in [5.74, 6) is -0.377. The van der Waals surface area contributed by atoms with Crippen molar-refractivity contribution in [3.63, 3.8) is 0 Å². The zero-order valence-electron chi connectivity index (χ0n) is 14.8. The minimum Gasteiger partial charge on any atom is -0.350 e. The summed E-state index contributed by atoms with van der Waals surface area (Å²) in [6.07, 6.45) is 3.82. The van der Waals surface area contributed by atoms with E-state index in [1.807, 2.05) is 0 Å². The van der Waals surface area contributed by atoms with Crippen molar-refractivity contribution in [3.8, 4) is 0 Å². The number of carbonyl (C=O) groups is 2. The van der Waals surface area contributed by atoms with Gasteiger partial charge in [-0.1, -0.05) is 6.07 Å². The van der Waals surface area contributed by atoms with Gasteiger partial charge in [-0.3, -0.25) is 9.59 Å². The van der Waals surface area contributed by atoms with E-state index in [0.29, 0.717) is 29.4 Å². The first kappa shape index (κ1) is 17.2. The third kappa shape index (κ3) is 3.98. The fourth-order valence-electron chi connectivity index (χ4n) is 3.27. The minimum atomic E-state index is -0.237. The molecule has 2 amide bonds. The van der Waals surface area contributed by atoms with Crippen LogP contribution >= 0.6 is 0 Å². The van der Waals surface area contributed by atoms with Gasteiger partial charge in [-0.15, -0.1) is 0 Å². The number of H-pyrrole nitrogens is 1. The highest BCUT2D eigenvalue weighted by molar-refractivity contribution is 6.06. The van der Waals surface area contributed by atoms with Crippen LogP contribution in [0.25, 0.3) is 11.0 Å². The zero-order chi connectivity index (χ0) is 18.6. The number of hydrogen-bond donors (Lipinski definition) is 4. The van der Waals surface area contributed by atoms with Crippen LogP contribution in [0.1, 0.15) is 33.6 Å². The van der Waals surface area contributed by atoms with Crippen molar-refractivity contribution >= 4 is 28.5 Å². The molecule has 2 aromatic carbocycles. The van der Waals surface area contributed by atoms with Gasteiger partial charge in [0.1, 0.15) is 0 Å². The van der Waals surface area contributed by atoms with E-state index in [-0.39, 0.29) is 11.8 Å². The Balaban J connectivity index is 1.42. The zero-order valence-corrected chi connectivity index (χ0v) is 14.8. The summed E-state index contributed by atoms with van der Waals surface area (Å²) in [5, 5.41) is 9.14. The van der Waals surface area contributed by atoms with Gasteiger partial charge in [0.05, 0.1) is 17.4 Å². The molecule has 0 radical (unpaired) electrons. The maximum Gasteiger partial charge on any atom is 0.255 e. The Morgan fingerprint density at radius 2 is 2.00 bits per heavy atom. The number of nitrogens with one attached hydrogen (secondary N) is 4. The van der Waals surface area contributed by atoms with Gasteiger partial charge in [0, 0.05) is 29.4 Å². The molecule has 4 N–H and O–H groups in total. The summed E-state index contributed by atoms with van der Waals surface area (Å²) in [5.41, 5.74) is 3.23. The standard InChI is InChI=1S/C20H21N5O2/c26-19(22-11-16-5-2-8-21-16)13-3-1-4-15(9-13)25-20(27)14-6-7-17-18(10-14)24-12-23-17/h1,3-4,6-7,9-10,12,16,21H,2,5,8,11H2,(H,22,26)(H,23,24)(H,25,27). The molecule has 1 fully saturated rings. The highest BCUT2D eigenvalue weighted by Gasteiger charge is 2.15. The lowest BCUT2D eigenvalue weighted by Crippen LogP contribution is -2.37. The third-order valence-corrected chi connectivity index (χ3v) is 4.74. The second-order valence-electron chi connectivity index (χ2n) is 6.67. The average Bonchev–Trinajstić information content (AvgIpc) is 3.37. The summed E-state index contributed by atoms with van der Waals surface area (Å²) < 4.78 is 0. The van der Waals surface area contributed by atoms with Gasteiger partial charge < -0.3 is 20.9 Å². The topological polar surface area (TPSA) is 98.9 Å². The van der Waals surface area contributed by atoms with E-state index >= 15 is 0 Å². The van der Waals surface area contributed by atoms with E-state index in [9.17, 15) is 9.59 Å². The van der Waals surface area contributed by atoms with Gasteiger partial charge in [0.2, 0.25) is 0 Å². The molecule has 0 spiro atoms. The normalized spacial score (nSPS) is 16.4. The van der Waals surface area contributed by atoms with Gasteiger partial charge in [0.25, 0.3) is 11.8 Å². The quantitative estimate of drug-likeness (QED) is 0.559. The number of anilines is 1. The Bertz CT molecular complexity index is 975. The molecule has 1 aliphatic rings. The third-order valence-electron chi connectivity index (χ3n) is 4.74. The van der Waals surface area contributed by atoms with E-state index in [2.05, 4.69) is 25.9 Å². The first-order chi connectivity index (χ1) is 13.2. The van der Waals surface area contributed by atoms with E-state index in [0.717, 1.165) is 30.4 Å². The van der Waals surface area contributed by atoms with Crippen LogP contribution in [0.4, 0.5) is 5.69 Å². The van der Waals surface area contributed by atoms with E-state index in [1.54, 1.807) is 48.8 Å². The highest BCUT2D eigenvalue weighted by atomic mass is 16.2. The second-order valence-corrected chi connectivity index (χ2v) is 6.67. The first-order valence-corrected chi connectivity index (χ1v) is 9.05. The molecule has 27 heavy (non-hydrogen) atoms. The molecular formula is C20H21N5O2. The molecule has 7 nitrogen and oxygen atoms in total. The molecule has 138 valence electrons. The Morgan fingerprint density at radius 3 is 2.85 bits per heavy atom. The number of aromatic amines is 1. The smallest absolute Gasteiger partial charge is 0.255 e. The van der Waals surface area contributed by atoms with Crippen LogP contribution in [-0.2, 0) is 0 Å². The predicted octanol–water partition coefficient (Wildman–Crippen LogP) is 2.30. The fraction of sp³-hybridized carbons (Fsp3) is 0.250. The average molecular weight is 363 g/mol. The van der Waals surface area contributed by atoms with Crippen molar-refractivity contribution in [3.05, 3.63) is 59.9 Å². The number of aromatic nitrogens is 2. The van der Waals surface area contributed by atoms with Gasteiger partial charge in [-0.25, -0.2) is 4.98 Å². The van der Waals surface area contributed by atoms with Crippen LogP contribution < -0.4 is 16.0 Å². The number of benzene rings is 2. The van der Waals surface area contributed by atoms with Gasteiger partial charge >= 0.3 is 0 Å². The Morgan fingerprint density at radius 1 is 1.11 bits per heavy atom. The number of fused-ring (bicyclic) bond motifs is 1. The van der Waals surface area contributed by atoms with E-state index < -0.39 is 0 Å². The lowest BCUT2D eigenvalue weighted by Gasteiger charge is -2.12. The van der Waals surface area contributed by atoms with Crippen LogP contribution in [0.2, 0.25) is 0 Å². The van der Waals surface area contributed by atoms with Crippen LogP contribution in [0.3, 0.4) is 0 Å². The summed E-state index contributed by atoms with van der Waals surface area (Å²) in [4.78, 5) is 32.0. The number of amides is 2. The number of hydrogen-bond acceptors (Lipinski definition) is 4. The predicted molar refractivity (Wildman–Crippen MR) is 104 cm³/mol. The molecule has 1 atom stereocenters. The van der Waals surface area contributed by atoms with Crippen LogP contribution in [0, 0.1) is 0 Å². The number of carbonyl (C=O) groups excluding carboxylic acids is 2. The molecule has 0 saturated carbocycles. The van der Waals surface area contributed by atoms with Gasteiger partial charge in [-0.05, 0) is 55.8 Å². The molecule has 4 rings (SSSR count). The Hall–Kier alpha value is -3.19. The van der Waals surface area contributed by atoms with Crippen molar-refractivity contribution in [2.45, 2.75) is 18.9 Å². The van der Waals surface area contributed by atoms with Gasteiger partial charge in [0.15, 0.2) is 0 Å². The molecule has 1 unspecified atom stereocenters. The van der Waals surface area contributed by atoms with Crippen molar-refractivity contribution in [1.29, 1.82) is 0 Å². The molecule has 3 aromatic rings. The molecule has 0 bridgehead atoms. The Labute approximate surface area is 156 Å². The van der Waals surface area contributed by atoms with Gasteiger partial charge in [-0.2, -0.15) is 0 Å². The molecule has 1 aliphatic heterocycles. The number of nitrogens with zero attached hydrogens (tertiary/aromatic N) is 1. The fourth-order valence-corrected chi connectivity index (χ4v) is 3.27. The SMILES string of the molecule is O=C(NCC1CCCN1)c1cccc(NC(=O)c2ccc3nc[nH]c3c2)c1. The van der Waals surface area contributed by atoms with Crippen molar-refractivity contribution in [2.75, 3.05) is 18.4 Å². The van der Waals surface area contributed by atoms with Crippen LogP contribution in [0.5, 0.6) is 0 Å². The summed E-state index contributed by atoms with van der Waals surface area (Å²) in [7, 11) is 0. The molecular weight excluding hydrogens is 342 g/mol. The van der Waals surface area contributed by atoms with Crippen LogP contribution in [-0.4, -0.2) is 40.9 Å². The van der Waals surface area contributed by atoms with E-state index in [1.165, 1.54) is 0 Å². The van der Waals surface area contributed by atoms with Crippen molar-refractivity contribution < 1.29 is 9.59 Å². The van der Waals surface area contributed by atoms with Crippen molar-refractivity contribution in [1.82, 2.24) is 20.6 Å². The monoisotopic (exact) mass is 363 g/mol.